The maximum Gasteiger partial charge on any atom is 0.162 e. The van der Waals surface area contributed by atoms with Crippen molar-refractivity contribution in [1.82, 2.24) is 0 Å². The van der Waals surface area contributed by atoms with Crippen LogP contribution in [-0.4, -0.2) is 12.1 Å². The van der Waals surface area contributed by atoms with Crippen LogP contribution >= 0.6 is 0 Å². The van der Waals surface area contributed by atoms with Crippen molar-refractivity contribution >= 4 is 12.1 Å². The molecule has 3 heteroatoms. The van der Waals surface area contributed by atoms with Gasteiger partial charge in [-0.2, -0.15) is 0 Å². The number of benzene rings is 1. The van der Waals surface area contributed by atoms with Crippen LogP contribution < -0.4 is 0 Å². The van der Waals surface area contributed by atoms with Crippen LogP contribution in [0.2, 0.25) is 0 Å². The summed E-state index contributed by atoms with van der Waals surface area (Å²) in [5.41, 5.74) is -0.123. The van der Waals surface area contributed by atoms with Gasteiger partial charge in [-0.05, 0) is 19.1 Å². The van der Waals surface area contributed by atoms with Crippen LogP contribution in [0.3, 0.4) is 0 Å². The highest BCUT2D eigenvalue weighted by Gasteiger charge is 2.09. The quantitative estimate of drug-likeness (QED) is 0.496. The summed E-state index contributed by atoms with van der Waals surface area (Å²) in [6.07, 6.45) is 0.391. The van der Waals surface area contributed by atoms with E-state index in [4.69, 9.17) is 0 Å². The highest BCUT2D eigenvalue weighted by Crippen LogP contribution is 2.11. The Kier molecular flexibility index (Phi) is 2.33. The highest BCUT2D eigenvalue weighted by atomic mass is 19.1. The fourth-order valence-electron chi connectivity index (χ4n) is 0.913. The first-order valence-electron chi connectivity index (χ1n) is 3.41. The van der Waals surface area contributed by atoms with E-state index in [0.29, 0.717) is 6.29 Å². The summed E-state index contributed by atoms with van der Waals surface area (Å²) in [4.78, 5) is 21.0. The average Bonchev–Trinajstić information content (AvgIpc) is 2.04. The molecule has 0 aliphatic carbocycles. The first kappa shape index (κ1) is 8.59. The van der Waals surface area contributed by atoms with Gasteiger partial charge in [-0.1, -0.05) is 6.07 Å². The molecule has 0 fully saturated rings. The molecular formula is C9H7FO2. The van der Waals surface area contributed by atoms with E-state index in [1.807, 2.05) is 0 Å². The molecule has 1 aromatic rings. The normalized spacial score (nSPS) is 9.50. The number of carbonyl (C=O) groups is 2. The Morgan fingerprint density at radius 1 is 1.50 bits per heavy atom. The predicted molar refractivity (Wildman–Crippen MR) is 41.8 cm³/mol. The standard InChI is InChI=1S/C9H7FO2/c1-6(12)8-4-2-3-7(5-11)9(8)10/h2-5H,1H3. The lowest BCUT2D eigenvalue weighted by atomic mass is 10.1. The van der Waals surface area contributed by atoms with Crippen molar-refractivity contribution in [3.05, 3.63) is 35.1 Å². The monoisotopic (exact) mass is 166 g/mol. The maximum atomic E-state index is 13.1. The molecule has 0 saturated heterocycles. The van der Waals surface area contributed by atoms with Gasteiger partial charge in [0, 0.05) is 0 Å². The van der Waals surface area contributed by atoms with Gasteiger partial charge in [0.1, 0.15) is 5.82 Å². The minimum atomic E-state index is -0.736. The molecule has 0 N–H and O–H groups in total. The van der Waals surface area contributed by atoms with Gasteiger partial charge in [0.25, 0.3) is 0 Å². The summed E-state index contributed by atoms with van der Waals surface area (Å²) in [5, 5.41) is 0. The number of hydrogen-bond donors (Lipinski definition) is 0. The third kappa shape index (κ3) is 1.39. The molecule has 1 rings (SSSR count). The molecule has 0 aliphatic rings. The van der Waals surface area contributed by atoms with Gasteiger partial charge in [0.2, 0.25) is 0 Å². The van der Waals surface area contributed by atoms with Crippen molar-refractivity contribution in [2.24, 2.45) is 0 Å². The molecule has 12 heavy (non-hydrogen) atoms. The van der Waals surface area contributed by atoms with Crippen molar-refractivity contribution in [2.45, 2.75) is 6.92 Å². The number of Topliss-reactive ketones (excluding diaryl/α,β-unsaturated/α-hetero) is 1. The Balaban J connectivity index is 3.32. The first-order valence-corrected chi connectivity index (χ1v) is 3.41. The first-order chi connectivity index (χ1) is 5.66. The van der Waals surface area contributed by atoms with Gasteiger partial charge in [0.15, 0.2) is 12.1 Å². The second-order valence-corrected chi connectivity index (χ2v) is 2.38. The zero-order chi connectivity index (χ0) is 9.14. The molecule has 2 nitrogen and oxygen atoms in total. The molecule has 62 valence electrons. The van der Waals surface area contributed by atoms with Crippen LogP contribution in [0.1, 0.15) is 27.6 Å². The summed E-state index contributed by atoms with van der Waals surface area (Å²) in [6, 6.07) is 4.16. The van der Waals surface area contributed by atoms with Crippen LogP contribution in [0.5, 0.6) is 0 Å². The van der Waals surface area contributed by atoms with Crippen LogP contribution in [-0.2, 0) is 0 Å². The Hall–Kier alpha value is -1.51. The van der Waals surface area contributed by atoms with Gasteiger partial charge in [0.05, 0.1) is 11.1 Å². The highest BCUT2D eigenvalue weighted by molar-refractivity contribution is 5.96. The van der Waals surface area contributed by atoms with E-state index in [2.05, 4.69) is 0 Å². The van der Waals surface area contributed by atoms with Gasteiger partial charge < -0.3 is 0 Å². The molecule has 0 amide bonds. The SMILES string of the molecule is CC(=O)c1cccc(C=O)c1F. The molecule has 0 spiro atoms. The summed E-state index contributed by atoms with van der Waals surface area (Å²) < 4.78 is 13.1. The van der Waals surface area contributed by atoms with E-state index in [9.17, 15) is 14.0 Å². The zero-order valence-electron chi connectivity index (χ0n) is 6.50. The lowest BCUT2D eigenvalue weighted by Crippen LogP contribution is -1.99. The molecule has 0 aromatic heterocycles. The topological polar surface area (TPSA) is 34.1 Å². The molecule has 0 bridgehead atoms. The van der Waals surface area contributed by atoms with E-state index >= 15 is 0 Å². The molecule has 0 saturated carbocycles. The lowest BCUT2D eigenvalue weighted by molar-refractivity contribution is 0.101. The van der Waals surface area contributed by atoms with Gasteiger partial charge in [-0.3, -0.25) is 9.59 Å². The number of halogens is 1. The smallest absolute Gasteiger partial charge is 0.162 e. The number of rotatable bonds is 2. The summed E-state index contributed by atoms with van der Waals surface area (Å²) in [5.74, 6) is -1.11. The lowest BCUT2D eigenvalue weighted by Gasteiger charge is -1.98. The summed E-state index contributed by atoms with van der Waals surface area (Å²) >= 11 is 0. The summed E-state index contributed by atoms with van der Waals surface area (Å²) in [7, 11) is 0. The van der Waals surface area contributed by atoms with Crippen molar-refractivity contribution < 1.29 is 14.0 Å². The average molecular weight is 166 g/mol. The fraction of sp³-hybridized carbons (Fsp3) is 0.111. The number of aldehydes is 1. The van der Waals surface area contributed by atoms with Crippen molar-refractivity contribution in [3.63, 3.8) is 0 Å². The predicted octanol–water partition coefficient (Wildman–Crippen LogP) is 1.84. The molecular weight excluding hydrogens is 159 g/mol. The maximum absolute atomic E-state index is 13.1. The second kappa shape index (κ2) is 3.26. The number of ketones is 1. The Bertz CT molecular complexity index is 331. The zero-order valence-corrected chi connectivity index (χ0v) is 6.50. The van der Waals surface area contributed by atoms with Crippen molar-refractivity contribution in [3.8, 4) is 0 Å². The van der Waals surface area contributed by atoms with Gasteiger partial charge >= 0.3 is 0 Å². The van der Waals surface area contributed by atoms with Gasteiger partial charge in [-0.25, -0.2) is 4.39 Å². The molecule has 1 aromatic carbocycles. The van der Waals surface area contributed by atoms with E-state index in [1.165, 1.54) is 25.1 Å². The Morgan fingerprint density at radius 2 is 2.17 bits per heavy atom. The van der Waals surface area contributed by atoms with E-state index in [1.54, 1.807) is 0 Å². The van der Waals surface area contributed by atoms with Crippen molar-refractivity contribution in [2.75, 3.05) is 0 Å². The minimum Gasteiger partial charge on any atom is -0.298 e. The van der Waals surface area contributed by atoms with Crippen LogP contribution in [0.15, 0.2) is 18.2 Å². The minimum absolute atomic E-state index is 0.0420. The molecule has 0 heterocycles. The van der Waals surface area contributed by atoms with E-state index in [0.717, 1.165) is 0 Å². The third-order valence-corrected chi connectivity index (χ3v) is 1.53. The van der Waals surface area contributed by atoms with Crippen LogP contribution in [0, 0.1) is 5.82 Å². The Labute approximate surface area is 69.0 Å². The third-order valence-electron chi connectivity index (χ3n) is 1.53. The molecule has 0 atom stereocenters. The summed E-state index contributed by atoms with van der Waals surface area (Å²) in [6.45, 7) is 1.26. The molecule has 0 aliphatic heterocycles. The van der Waals surface area contributed by atoms with E-state index in [-0.39, 0.29) is 16.9 Å². The largest absolute Gasteiger partial charge is 0.298 e. The molecule has 0 radical (unpaired) electrons. The van der Waals surface area contributed by atoms with E-state index < -0.39 is 5.82 Å². The number of hydrogen-bond acceptors (Lipinski definition) is 2. The van der Waals surface area contributed by atoms with Crippen LogP contribution in [0.25, 0.3) is 0 Å². The van der Waals surface area contributed by atoms with Crippen molar-refractivity contribution in [1.29, 1.82) is 0 Å². The number of carbonyl (C=O) groups excluding carboxylic acids is 2. The second-order valence-electron chi connectivity index (χ2n) is 2.38. The fourth-order valence-corrected chi connectivity index (χ4v) is 0.913. The van der Waals surface area contributed by atoms with Gasteiger partial charge in [-0.15, -0.1) is 0 Å². The van der Waals surface area contributed by atoms with Crippen LogP contribution in [0.4, 0.5) is 4.39 Å². The Morgan fingerprint density at radius 3 is 2.67 bits per heavy atom. The molecule has 0 unspecified atom stereocenters.